The van der Waals surface area contributed by atoms with Crippen LogP contribution in [0.15, 0.2) is 24.4 Å². The van der Waals surface area contributed by atoms with E-state index in [4.69, 9.17) is 0 Å². The molecule has 0 aromatic carbocycles. The van der Waals surface area contributed by atoms with E-state index in [0.717, 1.165) is 12.2 Å². The van der Waals surface area contributed by atoms with Gasteiger partial charge in [0.15, 0.2) is 0 Å². The molecular weight excluding hydrogens is 184 g/mol. The number of hydrogen-bond donors (Lipinski definition) is 0. The summed E-state index contributed by atoms with van der Waals surface area (Å²) in [5.41, 5.74) is 0.870. The summed E-state index contributed by atoms with van der Waals surface area (Å²) in [6.45, 7) is 3.30. The predicted molar refractivity (Wildman–Crippen MR) is 61.4 cm³/mol. The van der Waals surface area contributed by atoms with Crippen LogP contribution in [0, 0.1) is 11.8 Å². The monoisotopic (exact) mass is 200 g/mol. The summed E-state index contributed by atoms with van der Waals surface area (Å²) in [5, 5.41) is 0. The summed E-state index contributed by atoms with van der Waals surface area (Å²) in [7, 11) is 0. The Kier molecular flexibility index (Phi) is 3.76. The molecule has 0 atom stereocenters. The lowest BCUT2D eigenvalue weighted by atomic mass is 10.1. The van der Waals surface area contributed by atoms with Crippen LogP contribution in [-0.2, 0) is 0 Å². The molecule has 1 fully saturated rings. The van der Waals surface area contributed by atoms with Gasteiger partial charge in [-0.2, -0.15) is 0 Å². The molecule has 0 N–H and O–H groups in total. The molecule has 0 spiro atoms. The van der Waals surface area contributed by atoms with Crippen molar-refractivity contribution in [1.29, 1.82) is 0 Å². The SMILES string of the molecule is C(#Cc1ccccn1)CN1CCCCC1. The Balaban J connectivity index is 1.84. The average Bonchev–Trinajstić information content (AvgIpc) is 2.32. The number of pyridine rings is 1. The van der Waals surface area contributed by atoms with Gasteiger partial charge >= 0.3 is 0 Å². The van der Waals surface area contributed by atoms with E-state index in [1.54, 1.807) is 6.20 Å². The summed E-state index contributed by atoms with van der Waals surface area (Å²) < 4.78 is 0. The zero-order valence-corrected chi connectivity index (χ0v) is 8.95. The largest absolute Gasteiger partial charge is 0.292 e. The molecule has 1 aromatic heterocycles. The molecule has 2 rings (SSSR count). The molecule has 1 aromatic rings. The van der Waals surface area contributed by atoms with Crippen molar-refractivity contribution in [2.45, 2.75) is 19.3 Å². The van der Waals surface area contributed by atoms with Crippen LogP contribution in [0.2, 0.25) is 0 Å². The maximum atomic E-state index is 4.17. The highest BCUT2D eigenvalue weighted by atomic mass is 15.1. The van der Waals surface area contributed by atoms with Gasteiger partial charge in [-0.3, -0.25) is 4.90 Å². The molecule has 0 saturated carbocycles. The van der Waals surface area contributed by atoms with Gasteiger partial charge in [0.25, 0.3) is 0 Å². The van der Waals surface area contributed by atoms with Crippen LogP contribution in [0.5, 0.6) is 0 Å². The van der Waals surface area contributed by atoms with Gasteiger partial charge < -0.3 is 0 Å². The molecule has 0 aliphatic carbocycles. The lowest BCUT2D eigenvalue weighted by molar-refractivity contribution is 0.255. The molecule has 0 radical (unpaired) electrons. The molecule has 78 valence electrons. The van der Waals surface area contributed by atoms with E-state index in [9.17, 15) is 0 Å². The van der Waals surface area contributed by atoms with E-state index >= 15 is 0 Å². The van der Waals surface area contributed by atoms with E-state index in [2.05, 4.69) is 21.7 Å². The fourth-order valence-electron chi connectivity index (χ4n) is 1.80. The Bertz CT molecular complexity index is 342. The van der Waals surface area contributed by atoms with Crippen molar-refractivity contribution in [2.24, 2.45) is 0 Å². The third kappa shape index (κ3) is 3.38. The van der Waals surface area contributed by atoms with Crippen LogP contribution < -0.4 is 0 Å². The quantitative estimate of drug-likeness (QED) is 0.644. The molecule has 2 heterocycles. The summed E-state index contributed by atoms with van der Waals surface area (Å²) in [6, 6.07) is 5.83. The molecule has 0 amide bonds. The highest BCUT2D eigenvalue weighted by molar-refractivity contribution is 5.26. The molecule has 2 heteroatoms. The first kappa shape index (κ1) is 10.2. The normalized spacial score (nSPS) is 16.8. The fourth-order valence-corrected chi connectivity index (χ4v) is 1.80. The highest BCUT2D eigenvalue weighted by Gasteiger charge is 2.07. The number of hydrogen-bond acceptors (Lipinski definition) is 2. The predicted octanol–water partition coefficient (Wildman–Crippen LogP) is 1.92. The van der Waals surface area contributed by atoms with Crippen LogP contribution >= 0.6 is 0 Å². The molecule has 2 nitrogen and oxygen atoms in total. The Labute approximate surface area is 91.3 Å². The summed E-state index contributed by atoms with van der Waals surface area (Å²) >= 11 is 0. The molecule has 1 aliphatic heterocycles. The Morgan fingerprint density at radius 3 is 2.80 bits per heavy atom. The van der Waals surface area contributed by atoms with Crippen molar-refractivity contribution in [2.75, 3.05) is 19.6 Å². The minimum absolute atomic E-state index is 0.870. The molecule has 15 heavy (non-hydrogen) atoms. The summed E-state index contributed by atoms with van der Waals surface area (Å²) in [5.74, 6) is 6.27. The lowest BCUT2D eigenvalue weighted by Gasteiger charge is -2.23. The number of piperidine rings is 1. The third-order valence-corrected chi connectivity index (χ3v) is 2.63. The van der Waals surface area contributed by atoms with Crippen molar-refractivity contribution in [3.63, 3.8) is 0 Å². The second kappa shape index (κ2) is 5.53. The highest BCUT2D eigenvalue weighted by Crippen LogP contribution is 2.07. The van der Waals surface area contributed by atoms with E-state index in [1.165, 1.54) is 32.4 Å². The van der Waals surface area contributed by atoms with Crippen molar-refractivity contribution in [3.8, 4) is 11.8 Å². The van der Waals surface area contributed by atoms with Crippen LogP contribution in [0.3, 0.4) is 0 Å². The van der Waals surface area contributed by atoms with Gasteiger partial charge in [0.2, 0.25) is 0 Å². The topological polar surface area (TPSA) is 16.1 Å². The van der Waals surface area contributed by atoms with Gasteiger partial charge in [-0.1, -0.05) is 18.4 Å². The number of rotatable bonds is 1. The van der Waals surface area contributed by atoms with Crippen molar-refractivity contribution in [1.82, 2.24) is 9.88 Å². The standard InChI is InChI=1S/C13H16N2/c1-4-10-15(11-5-1)12-6-8-13-7-2-3-9-14-13/h2-3,7,9H,1,4-5,10-12H2. The Morgan fingerprint density at radius 2 is 2.07 bits per heavy atom. The first-order valence-corrected chi connectivity index (χ1v) is 5.57. The maximum absolute atomic E-state index is 4.17. The van der Waals surface area contributed by atoms with Crippen LogP contribution in [0.25, 0.3) is 0 Å². The average molecular weight is 200 g/mol. The third-order valence-electron chi connectivity index (χ3n) is 2.63. The number of likely N-dealkylation sites (tertiary alicyclic amines) is 1. The van der Waals surface area contributed by atoms with E-state index < -0.39 is 0 Å². The molecule has 1 aliphatic rings. The van der Waals surface area contributed by atoms with Crippen molar-refractivity contribution in [3.05, 3.63) is 30.1 Å². The zero-order chi connectivity index (χ0) is 10.3. The molecule has 0 bridgehead atoms. The summed E-state index contributed by atoms with van der Waals surface area (Å²) in [4.78, 5) is 6.59. The van der Waals surface area contributed by atoms with Crippen LogP contribution in [-0.4, -0.2) is 29.5 Å². The van der Waals surface area contributed by atoms with Gasteiger partial charge in [-0.15, -0.1) is 0 Å². The number of nitrogens with zero attached hydrogens (tertiary/aromatic N) is 2. The second-order valence-electron chi connectivity index (χ2n) is 3.85. The van der Waals surface area contributed by atoms with E-state index in [-0.39, 0.29) is 0 Å². The van der Waals surface area contributed by atoms with Crippen LogP contribution in [0.4, 0.5) is 0 Å². The summed E-state index contributed by atoms with van der Waals surface area (Å²) in [6.07, 6.45) is 5.81. The Hall–Kier alpha value is -1.33. The second-order valence-corrected chi connectivity index (χ2v) is 3.85. The zero-order valence-electron chi connectivity index (χ0n) is 8.95. The molecule has 0 unspecified atom stereocenters. The van der Waals surface area contributed by atoms with Crippen molar-refractivity contribution < 1.29 is 0 Å². The molecular formula is C13H16N2. The fraction of sp³-hybridized carbons (Fsp3) is 0.462. The van der Waals surface area contributed by atoms with Gasteiger partial charge in [0.05, 0.1) is 6.54 Å². The van der Waals surface area contributed by atoms with Gasteiger partial charge in [0, 0.05) is 6.20 Å². The van der Waals surface area contributed by atoms with E-state index in [1.807, 2.05) is 18.2 Å². The van der Waals surface area contributed by atoms with E-state index in [0.29, 0.717) is 0 Å². The molecule has 1 saturated heterocycles. The maximum Gasteiger partial charge on any atom is 0.113 e. The minimum atomic E-state index is 0.870. The first-order valence-electron chi connectivity index (χ1n) is 5.57. The minimum Gasteiger partial charge on any atom is -0.292 e. The Morgan fingerprint density at radius 1 is 1.20 bits per heavy atom. The van der Waals surface area contributed by atoms with Gasteiger partial charge in [-0.05, 0) is 44.0 Å². The van der Waals surface area contributed by atoms with Crippen molar-refractivity contribution >= 4 is 0 Å². The van der Waals surface area contributed by atoms with Gasteiger partial charge in [0.1, 0.15) is 5.69 Å². The van der Waals surface area contributed by atoms with Crippen LogP contribution in [0.1, 0.15) is 25.0 Å². The lowest BCUT2D eigenvalue weighted by Crippen LogP contribution is -2.29. The first-order chi connectivity index (χ1) is 7.45. The number of aromatic nitrogens is 1. The van der Waals surface area contributed by atoms with Gasteiger partial charge in [-0.25, -0.2) is 4.98 Å². The smallest absolute Gasteiger partial charge is 0.113 e.